The van der Waals surface area contributed by atoms with Gasteiger partial charge < -0.3 is 19.3 Å². The zero-order chi connectivity index (χ0) is 26.3. The van der Waals surface area contributed by atoms with Gasteiger partial charge in [-0.05, 0) is 48.0 Å². The number of Topliss-reactive ketones (excluding diaryl/α,β-unsaturated/α-hetero) is 1. The molecule has 1 unspecified atom stereocenters. The number of fused-ring (bicyclic) bond motifs is 1. The Balaban J connectivity index is 1.75. The molecule has 5 rings (SSSR count). The number of anilines is 1. The van der Waals surface area contributed by atoms with Crippen molar-refractivity contribution in [3.63, 3.8) is 0 Å². The van der Waals surface area contributed by atoms with Gasteiger partial charge in [-0.25, -0.2) is 4.98 Å². The molecule has 1 amide bonds. The van der Waals surface area contributed by atoms with Crippen molar-refractivity contribution >= 4 is 55.7 Å². The van der Waals surface area contributed by atoms with E-state index in [0.717, 1.165) is 4.70 Å². The predicted octanol–water partition coefficient (Wildman–Crippen LogP) is 5.60. The first kappa shape index (κ1) is 24.6. The normalized spacial score (nSPS) is 16.9. The van der Waals surface area contributed by atoms with E-state index in [1.54, 1.807) is 60.7 Å². The third-order valence-corrected chi connectivity index (χ3v) is 7.31. The average Bonchev–Trinajstić information content (AvgIpc) is 3.45. The van der Waals surface area contributed by atoms with Crippen molar-refractivity contribution in [2.75, 3.05) is 26.2 Å². The van der Waals surface area contributed by atoms with Gasteiger partial charge in [0.15, 0.2) is 16.6 Å². The van der Waals surface area contributed by atoms with E-state index < -0.39 is 17.7 Å². The number of nitrogens with zero attached hydrogens (tertiary/aromatic N) is 2. The number of amides is 1. The highest BCUT2D eigenvalue weighted by molar-refractivity contribution is 7.22. The number of aliphatic hydroxyl groups excluding tert-OH is 1. The Bertz CT molecular complexity index is 1580. The average molecular weight is 537 g/mol. The van der Waals surface area contributed by atoms with Crippen molar-refractivity contribution in [1.29, 1.82) is 0 Å². The quantitative estimate of drug-likeness (QED) is 0.194. The lowest BCUT2D eigenvalue weighted by molar-refractivity contribution is -0.132. The van der Waals surface area contributed by atoms with Gasteiger partial charge in [-0.2, -0.15) is 0 Å². The Kier molecular flexibility index (Phi) is 6.49. The van der Waals surface area contributed by atoms with Crippen LogP contribution in [0.25, 0.3) is 16.0 Å². The summed E-state index contributed by atoms with van der Waals surface area (Å²) in [6, 6.07) is 15.9. The van der Waals surface area contributed by atoms with Gasteiger partial charge >= 0.3 is 5.91 Å². The zero-order valence-corrected chi connectivity index (χ0v) is 21.6. The predicted molar refractivity (Wildman–Crippen MR) is 142 cm³/mol. The van der Waals surface area contributed by atoms with Crippen molar-refractivity contribution in [3.8, 4) is 17.2 Å². The summed E-state index contributed by atoms with van der Waals surface area (Å²) in [6.45, 7) is 0. The van der Waals surface area contributed by atoms with Crippen LogP contribution >= 0.6 is 22.9 Å². The fourth-order valence-electron chi connectivity index (χ4n) is 4.28. The van der Waals surface area contributed by atoms with Gasteiger partial charge in [-0.1, -0.05) is 41.1 Å². The first-order valence-electron chi connectivity index (χ1n) is 11.1. The maximum Gasteiger partial charge on any atom is 0.301 e. The number of methoxy groups -OCH3 is 3. The maximum atomic E-state index is 13.5. The molecule has 0 spiro atoms. The molecule has 0 saturated carbocycles. The van der Waals surface area contributed by atoms with Crippen molar-refractivity contribution < 1.29 is 28.9 Å². The van der Waals surface area contributed by atoms with Gasteiger partial charge in [0.1, 0.15) is 11.5 Å². The Labute approximate surface area is 221 Å². The van der Waals surface area contributed by atoms with Crippen LogP contribution in [0.15, 0.2) is 66.2 Å². The Hall–Kier alpha value is -4.08. The van der Waals surface area contributed by atoms with Crippen LogP contribution in [0.1, 0.15) is 17.2 Å². The van der Waals surface area contributed by atoms with Gasteiger partial charge in [0, 0.05) is 10.6 Å². The Morgan fingerprint density at radius 2 is 1.76 bits per heavy atom. The summed E-state index contributed by atoms with van der Waals surface area (Å²) in [5.41, 5.74) is 1.41. The highest BCUT2D eigenvalue weighted by Gasteiger charge is 2.48. The molecule has 37 heavy (non-hydrogen) atoms. The molecule has 1 atom stereocenters. The third kappa shape index (κ3) is 4.26. The van der Waals surface area contributed by atoms with Crippen LogP contribution in [0, 0.1) is 0 Å². The zero-order valence-electron chi connectivity index (χ0n) is 20.0. The Morgan fingerprint density at radius 3 is 2.49 bits per heavy atom. The smallest absolute Gasteiger partial charge is 0.301 e. The molecule has 0 radical (unpaired) electrons. The lowest BCUT2D eigenvalue weighted by Gasteiger charge is -2.23. The summed E-state index contributed by atoms with van der Waals surface area (Å²) < 4.78 is 16.8. The molecule has 8 nitrogen and oxygen atoms in total. The molecule has 3 aromatic carbocycles. The van der Waals surface area contributed by atoms with E-state index >= 15 is 0 Å². The minimum atomic E-state index is -0.984. The van der Waals surface area contributed by atoms with E-state index in [9.17, 15) is 14.7 Å². The van der Waals surface area contributed by atoms with E-state index in [-0.39, 0.29) is 11.3 Å². The second kappa shape index (κ2) is 9.76. The molecule has 1 saturated heterocycles. The second-order valence-electron chi connectivity index (χ2n) is 8.12. The van der Waals surface area contributed by atoms with Crippen LogP contribution in [0.5, 0.6) is 17.2 Å². The lowest BCUT2D eigenvalue weighted by atomic mass is 9.95. The molecule has 4 aromatic rings. The van der Waals surface area contributed by atoms with Gasteiger partial charge in [0.25, 0.3) is 5.78 Å². The molecule has 1 N–H and O–H groups in total. The number of carbonyl (C=O) groups is 2. The van der Waals surface area contributed by atoms with Gasteiger partial charge in [-0.15, -0.1) is 0 Å². The summed E-state index contributed by atoms with van der Waals surface area (Å²) in [5.74, 6) is -0.604. The molecular weight excluding hydrogens is 516 g/mol. The number of aliphatic hydroxyl groups is 1. The van der Waals surface area contributed by atoms with E-state index in [1.807, 2.05) is 0 Å². The van der Waals surface area contributed by atoms with Crippen LogP contribution in [-0.4, -0.2) is 43.1 Å². The van der Waals surface area contributed by atoms with Crippen LogP contribution in [0.4, 0.5) is 5.13 Å². The number of carbonyl (C=O) groups excluding carboxylic acids is 2. The molecule has 2 heterocycles. The number of benzene rings is 3. The fourth-order valence-corrected chi connectivity index (χ4v) is 5.55. The summed E-state index contributed by atoms with van der Waals surface area (Å²) in [4.78, 5) is 32.8. The van der Waals surface area contributed by atoms with Crippen molar-refractivity contribution in [3.05, 3.63) is 82.4 Å². The summed E-state index contributed by atoms with van der Waals surface area (Å²) in [7, 11) is 4.51. The maximum absolute atomic E-state index is 13.5. The van der Waals surface area contributed by atoms with Gasteiger partial charge in [-0.3, -0.25) is 14.5 Å². The van der Waals surface area contributed by atoms with Crippen molar-refractivity contribution in [1.82, 2.24) is 4.98 Å². The van der Waals surface area contributed by atoms with Gasteiger partial charge in [0.05, 0.1) is 43.2 Å². The number of aromatic nitrogens is 1. The van der Waals surface area contributed by atoms with E-state index in [4.69, 9.17) is 25.8 Å². The first-order chi connectivity index (χ1) is 17.9. The molecule has 1 fully saturated rings. The highest BCUT2D eigenvalue weighted by Crippen LogP contribution is 2.46. The number of thiazole rings is 1. The molecule has 188 valence electrons. The minimum Gasteiger partial charge on any atom is -0.507 e. The number of ether oxygens (including phenoxy) is 3. The SMILES string of the molecule is COc1cccc(C(O)=C2C(=O)C(=O)N(c3nc4ccc(Cl)cc4s3)C2c2ccc(OC)c(OC)c2)c1. The fraction of sp³-hybridized carbons (Fsp3) is 0.148. The van der Waals surface area contributed by atoms with Gasteiger partial charge in [0.2, 0.25) is 0 Å². The first-order valence-corrected chi connectivity index (χ1v) is 12.3. The largest absolute Gasteiger partial charge is 0.507 e. The molecule has 1 aromatic heterocycles. The topological polar surface area (TPSA) is 98.2 Å². The number of ketones is 1. The molecule has 0 bridgehead atoms. The molecule has 1 aliphatic rings. The van der Waals surface area contributed by atoms with E-state index in [0.29, 0.717) is 44.0 Å². The standard InChI is InChI=1S/C27H21ClN2O6S/c1-34-17-6-4-5-15(11-17)24(31)22-23(14-7-10-19(35-2)20(12-14)36-3)30(26(33)25(22)32)27-29-18-9-8-16(28)13-21(18)37-27/h4-13,23,31H,1-3H3. The number of halogens is 1. The minimum absolute atomic E-state index is 0.0808. The molecule has 0 aliphatic carbocycles. The highest BCUT2D eigenvalue weighted by atomic mass is 35.5. The number of rotatable bonds is 6. The molecule has 1 aliphatic heterocycles. The number of hydrogen-bond donors (Lipinski definition) is 1. The van der Waals surface area contributed by atoms with Crippen LogP contribution in [-0.2, 0) is 9.59 Å². The molecular formula is C27H21ClN2O6S. The number of hydrogen-bond acceptors (Lipinski definition) is 8. The van der Waals surface area contributed by atoms with E-state index in [1.165, 1.54) is 37.6 Å². The summed E-state index contributed by atoms with van der Waals surface area (Å²) in [6.07, 6.45) is 0. The molecule has 10 heteroatoms. The summed E-state index contributed by atoms with van der Waals surface area (Å²) in [5, 5.41) is 12.2. The monoisotopic (exact) mass is 536 g/mol. The Morgan fingerprint density at radius 1 is 0.973 bits per heavy atom. The van der Waals surface area contributed by atoms with Crippen LogP contribution < -0.4 is 19.1 Å². The van der Waals surface area contributed by atoms with E-state index in [2.05, 4.69) is 4.98 Å². The third-order valence-electron chi connectivity index (χ3n) is 6.06. The summed E-state index contributed by atoms with van der Waals surface area (Å²) >= 11 is 7.37. The lowest BCUT2D eigenvalue weighted by Crippen LogP contribution is -2.29. The van der Waals surface area contributed by atoms with Crippen LogP contribution in [0.2, 0.25) is 5.02 Å². The van der Waals surface area contributed by atoms with Crippen molar-refractivity contribution in [2.24, 2.45) is 0 Å². The second-order valence-corrected chi connectivity index (χ2v) is 9.57. The van der Waals surface area contributed by atoms with Crippen LogP contribution in [0.3, 0.4) is 0 Å². The van der Waals surface area contributed by atoms with Crippen molar-refractivity contribution in [2.45, 2.75) is 6.04 Å².